The Kier molecular flexibility index (Phi) is 5.70. The minimum absolute atomic E-state index is 0.277. The number of pyridine rings is 1. The Balaban J connectivity index is 1.41. The molecule has 2 bridgehead atoms. The monoisotopic (exact) mass is 419 g/mol. The number of aryl methyl sites for hydroxylation is 1. The molecule has 3 fully saturated rings. The third-order valence-corrected chi connectivity index (χ3v) is 7.66. The van der Waals surface area contributed by atoms with E-state index >= 15 is 0 Å². The summed E-state index contributed by atoms with van der Waals surface area (Å²) in [7, 11) is 1.72. The average molecular weight is 420 g/mol. The molecule has 1 aromatic heterocycles. The maximum Gasteiger partial charge on any atom is 0.223 e. The first-order valence-electron chi connectivity index (χ1n) is 11.7. The molecule has 2 aromatic rings. The standard InChI is InChI=1S/C26H33N3O2/c1-18-20(7-5-11-27-18)15-28-16-21-14-22(17-28)25(29-24(21)9-4-10-26(29)30)13-19-6-3-8-23(12-19)31-2/h3,5-8,11-12,21-22,24-25H,4,9-10,13-17H2,1-2H3/t21-,22+,24+,25+/m1/s1. The Hall–Kier alpha value is -2.40. The highest BCUT2D eigenvalue weighted by Gasteiger charge is 2.49. The second-order valence-electron chi connectivity index (χ2n) is 9.58. The molecule has 5 rings (SSSR count). The predicted octanol–water partition coefficient (Wildman–Crippen LogP) is 3.84. The molecule has 0 radical (unpaired) electrons. The summed E-state index contributed by atoms with van der Waals surface area (Å²) in [6.07, 6.45) is 6.93. The summed E-state index contributed by atoms with van der Waals surface area (Å²) < 4.78 is 5.45. The molecule has 3 saturated heterocycles. The number of rotatable bonds is 5. The summed E-state index contributed by atoms with van der Waals surface area (Å²) in [6.45, 7) is 5.20. The molecular weight excluding hydrogens is 386 g/mol. The van der Waals surface area contributed by atoms with Crippen LogP contribution >= 0.6 is 0 Å². The first kappa shape index (κ1) is 20.5. The molecule has 164 valence electrons. The van der Waals surface area contributed by atoms with Gasteiger partial charge in [-0.3, -0.25) is 14.7 Å². The lowest BCUT2D eigenvalue weighted by Gasteiger charge is -2.57. The zero-order valence-corrected chi connectivity index (χ0v) is 18.7. The smallest absolute Gasteiger partial charge is 0.223 e. The van der Waals surface area contributed by atoms with Gasteiger partial charge in [-0.2, -0.15) is 0 Å². The maximum absolute atomic E-state index is 13.1. The van der Waals surface area contributed by atoms with Gasteiger partial charge in [0.25, 0.3) is 0 Å². The van der Waals surface area contributed by atoms with Crippen molar-refractivity contribution in [2.45, 2.75) is 57.7 Å². The zero-order valence-electron chi connectivity index (χ0n) is 18.7. The topological polar surface area (TPSA) is 45.7 Å². The van der Waals surface area contributed by atoms with Crippen molar-refractivity contribution in [3.05, 3.63) is 59.4 Å². The molecule has 0 spiro atoms. The first-order chi connectivity index (χ1) is 15.1. The Morgan fingerprint density at radius 1 is 1.16 bits per heavy atom. The molecule has 4 atom stereocenters. The van der Waals surface area contributed by atoms with Gasteiger partial charge in [-0.15, -0.1) is 0 Å². The predicted molar refractivity (Wildman–Crippen MR) is 121 cm³/mol. The molecule has 1 aromatic carbocycles. The van der Waals surface area contributed by atoms with Crippen LogP contribution in [0.2, 0.25) is 0 Å². The van der Waals surface area contributed by atoms with Gasteiger partial charge >= 0.3 is 0 Å². The molecule has 4 heterocycles. The molecule has 31 heavy (non-hydrogen) atoms. The van der Waals surface area contributed by atoms with E-state index in [-0.39, 0.29) is 6.04 Å². The fraction of sp³-hybridized carbons (Fsp3) is 0.538. The quantitative estimate of drug-likeness (QED) is 0.739. The van der Waals surface area contributed by atoms with E-state index in [1.807, 2.05) is 18.3 Å². The van der Waals surface area contributed by atoms with Crippen LogP contribution in [0.15, 0.2) is 42.6 Å². The summed E-state index contributed by atoms with van der Waals surface area (Å²) in [5.41, 5.74) is 3.71. The van der Waals surface area contributed by atoms with Crippen molar-refractivity contribution in [3.63, 3.8) is 0 Å². The van der Waals surface area contributed by atoms with E-state index in [1.54, 1.807) is 7.11 Å². The van der Waals surface area contributed by atoms with E-state index in [0.717, 1.165) is 50.3 Å². The number of fused-ring (bicyclic) bond motifs is 4. The van der Waals surface area contributed by atoms with Gasteiger partial charge < -0.3 is 9.64 Å². The van der Waals surface area contributed by atoms with Gasteiger partial charge in [0.1, 0.15) is 5.75 Å². The van der Waals surface area contributed by atoms with Crippen molar-refractivity contribution in [2.24, 2.45) is 11.8 Å². The molecular formula is C26H33N3O2. The number of benzene rings is 1. The van der Waals surface area contributed by atoms with Crippen LogP contribution in [-0.2, 0) is 17.8 Å². The van der Waals surface area contributed by atoms with Crippen LogP contribution in [0.1, 0.15) is 42.5 Å². The van der Waals surface area contributed by atoms with Crippen LogP contribution < -0.4 is 4.74 Å². The number of amides is 1. The van der Waals surface area contributed by atoms with Crippen LogP contribution in [0.4, 0.5) is 0 Å². The molecule has 0 saturated carbocycles. The molecule has 0 N–H and O–H groups in total. The second kappa shape index (κ2) is 8.62. The van der Waals surface area contributed by atoms with Crippen molar-refractivity contribution in [3.8, 4) is 5.75 Å². The summed E-state index contributed by atoms with van der Waals surface area (Å²) in [6, 6.07) is 13.3. The fourth-order valence-electron chi connectivity index (χ4n) is 6.23. The number of carbonyl (C=O) groups excluding carboxylic acids is 1. The van der Waals surface area contributed by atoms with Crippen molar-refractivity contribution in [2.75, 3.05) is 20.2 Å². The first-order valence-corrected chi connectivity index (χ1v) is 11.7. The van der Waals surface area contributed by atoms with E-state index in [9.17, 15) is 4.79 Å². The third-order valence-electron chi connectivity index (χ3n) is 7.66. The molecule has 1 amide bonds. The Labute approximate surface area is 185 Å². The summed E-state index contributed by atoms with van der Waals surface area (Å²) in [5.74, 6) is 2.36. The van der Waals surface area contributed by atoms with E-state index in [0.29, 0.717) is 30.2 Å². The Morgan fingerprint density at radius 2 is 2.03 bits per heavy atom. The van der Waals surface area contributed by atoms with E-state index in [4.69, 9.17) is 4.74 Å². The number of methoxy groups -OCH3 is 1. The molecule has 3 aliphatic heterocycles. The molecule has 5 heteroatoms. The highest BCUT2D eigenvalue weighted by molar-refractivity contribution is 5.78. The fourth-order valence-corrected chi connectivity index (χ4v) is 6.23. The van der Waals surface area contributed by atoms with Crippen LogP contribution in [-0.4, -0.2) is 53.0 Å². The van der Waals surface area contributed by atoms with Crippen molar-refractivity contribution in [1.29, 1.82) is 0 Å². The van der Waals surface area contributed by atoms with E-state index < -0.39 is 0 Å². The van der Waals surface area contributed by atoms with Gasteiger partial charge in [0.15, 0.2) is 0 Å². The normalized spacial score (nSPS) is 28.3. The van der Waals surface area contributed by atoms with Crippen molar-refractivity contribution >= 4 is 5.91 Å². The maximum atomic E-state index is 13.1. The summed E-state index contributed by atoms with van der Waals surface area (Å²) in [5, 5.41) is 0. The lowest BCUT2D eigenvalue weighted by molar-refractivity contribution is -0.152. The van der Waals surface area contributed by atoms with Gasteiger partial charge in [-0.1, -0.05) is 18.2 Å². The summed E-state index contributed by atoms with van der Waals surface area (Å²) in [4.78, 5) is 22.5. The lowest BCUT2D eigenvalue weighted by atomic mass is 9.70. The SMILES string of the molecule is COc1cccc(C[C@H]2[C@H]3C[C@H](CN(Cc4cccnc4C)C3)[C@@H]3CCCC(=O)N32)c1. The number of piperidine rings is 3. The van der Waals surface area contributed by atoms with Crippen LogP contribution in [0.25, 0.3) is 0 Å². The Bertz CT molecular complexity index is 946. The van der Waals surface area contributed by atoms with Gasteiger partial charge in [0, 0.05) is 50.0 Å². The van der Waals surface area contributed by atoms with E-state index in [2.05, 4.69) is 46.0 Å². The highest BCUT2D eigenvalue weighted by Crippen LogP contribution is 2.43. The zero-order chi connectivity index (χ0) is 21.4. The van der Waals surface area contributed by atoms with Gasteiger partial charge in [-0.05, 0) is 73.8 Å². The number of likely N-dealkylation sites (tertiary alicyclic amines) is 1. The van der Waals surface area contributed by atoms with Crippen molar-refractivity contribution < 1.29 is 9.53 Å². The third kappa shape index (κ3) is 4.08. The molecule has 3 aliphatic rings. The average Bonchev–Trinajstić information content (AvgIpc) is 2.78. The number of hydrogen-bond acceptors (Lipinski definition) is 4. The molecule has 5 nitrogen and oxygen atoms in total. The second-order valence-corrected chi connectivity index (χ2v) is 9.58. The number of carbonyl (C=O) groups is 1. The minimum atomic E-state index is 0.277. The highest BCUT2D eigenvalue weighted by atomic mass is 16.5. The summed E-state index contributed by atoms with van der Waals surface area (Å²) >= 11 is 0. The van der Waals surface area contributed by atoms with Gasteiger partial charge in [0.05, 0.1) is 7.11 Å². The van der Waals surface area contributed by atoms with Gasteiger partial charge in [-0.25, -0.2) is 0 Å². The molecule has 0 aliphatic carbocycles. The Morgan fingerprint density at radius 3 is 2.87 bits per heavy atom. The van der Waals surface area contributed by atoms with Crippen molar-refractivity contribution in [1.82, 2.24) is 14.8 Å². The largest absolute Gasteiger partial charge is 0.497 e. The number of ether oxygens (including phenoxy) is 1. The number of aromatic nitrogens is 1. The lowest BCUT2D eigenvalue weighted by Crippen LogP contribution is -2.65. The van der Waals surface area contributed by atoms with Crippen LogP contribution in [0.5, 0.6) is 5.75 Å². The van der Waals surface area contributed by atoms with E-state index in [1.165, 1.54) is 17.5 Å². The molecule has 0 unspecified atom stereocenters. The van der Waals surface area contributed by atoms with Gasteiger partial charge in [0.2, 0.25) is 5.91 Å². The van der Waals surface area contributed by atoms with Crippen LogP contribution in [0, 0.1) is 18.8 Å². The number of nitrogens with zero attached hydrogens (tertiary/aromatic N) is 3. The van der Waals surface area contributed by atoms with Crippen LogP contribution in [0.3, 0.4) is 0 Å². The minimum Gasteiger partial charge on any atom is -0.497 e. The number of hydrogen-bond donors (Lipinski definition) is 0.